The van der Waals surface area contributed by atoms with Crippen molar-refractivity contribution in [1.29, 1.82) is 5.26 Å². The molecule has 1 saturated heterocycles. The molecule has 0 bridgehead atoms. The molecule has 0 radical (unpaired) electrons. The van der Waals surface area contributed by atoms with Crippen LogP contribution in [0.3, 0.4) is 0 Å². The lowest BCUT2D eigenvalue weighted by atomic mass is 10.1. The second-order valence-electron chi connectivity index (χ2n) is 5.65. The molecule has 1 N–H and O–H groups in total. The Morgan fingerprint density at radius 1 is 1.57 bits per heavy atom. The summed E-state index contributed by atoms with van der Waals surface area (Å²) in [5.74, 6) is -0.0517. The van der Waals surface area contributed by atoms with Gasteiger partial charge >= 0.3 is 0 Å². The Hall–Kier alpha value is -1.46. The normalized spacial score (nSPS) is 19.4. The summed E-state index contributed by atoms with van der Waals surface area (Å²) in [7, 11) is 1.72. The van der Waals surface area contributed by atoms with Gasteiger partial charge in [-0.3, -0.25) is 14.6 Å². The molecule has 6 nitrogen and oxygen atoms in total. The van der Waals surface area contributed by atoms with Gasteiger partial charge in [-0.2, -0.15) is 5.26 Å². The lowest BCUT2D eigenvalue weighted by Crippen LogP contribution is -2.54. The Morgan fingerprint density at radius 3 is 3.09 bits per heavy atom. The second-order valence-corrected chi connectivity index (χ2v) is 6.57. The van der Waals surface area contributed by atoms with Crippen LogP contribution in [0.25, 0.3) is 0 Å². The third kappa shape index (κ3) is 5.01. The SMILES string of the molecule is CCC1CN(CC(=O)Nc2sccc2C#N)CCN1CCOC. The fraction of sp³-hybridized carbons (Fsp3) is 0.625. The van der Waals surface area contributed by atoms with Crippen molar-refractivity contribution in [2.24, 2.45) is 0 Å². The number of anilines is 1. The molecule has 23 heavy (non-hydrogen) atoms. The number of hydrogen-bond acceptors (Lipinski definition) is 6. The van der Waals surface area contributed by atoms with E-state index in [4.69, 9.17) is 10.00 Å². The van der Waals surface area contributed by atoms with Crippen molar-refractivity contribution in [2.75, 3.05) is 51.8 Å². The lowest BCUT2D eigenvalue weighted by molar-refractivity contribution is -0.118. The maximum Gasteiger partial charge on any atom is 0.239 e. The number of methoxy groups -OCH3 is 1. The molecule has 0 aliphatic carbocycles. The van der Waals surface area contributed by atoms with E-state index in [-0.39, 0.29) is 5.91 Å². The van der Waals surface area contributed by atoms with E-state index in [0.717, 1.165) is 39.2 Å². The Kier molecular flexibility index (Phi) is 6.99. The number of carbonyl (C=O) groups is 1. The van der Waals surface area contributed by atoms with Crippen LogP contribution in [0, 0.1) is 11.3 Å². The molecule has 1 amide bonds. The van der Waals surface area contributed by atoms with Crippen LogP contribution in [-0.2, 0) is 9.53 Å². The minimum atomic E-state index is -0.0517. The van der Waals surface area contributed by atoms with Crippen molar-refractivity contribution in [2.45, 2.75) is 19.4 Å². The molecule has 7 heteroatoms. The summed E-state index contributed by atoms with van der Waals surface area (Å²) in [5, 5.41) is 14.3. The summed E-state index contributed by atoms with van der Waals surface area (Å²) < 4.78 is 5.16. The standard InChI is InChI=1S/C16H24N4O2S/c1-3-14-11-19(5-6-20(14)7-8-22-2)12-15(21)18-16-13(10-17)4-9-23-16/h4,9,14H,3,5-8,11-12H2,1-2H3,(H,18,21). The largest absolute Gasteiger partial charge is 0.383 e. The van der Waals surface area contributed by atoms with Crippen LogP contribution >= 0.6 is 11.3 Å². The monoisotopic (exact) mass is 336 g/mol. The zero-order valence-corrected chi connectivity index (χ0v) is 14.6. The molecule has 1 aromatic rings. The highest BCUT2D eigenvalue weighted by atomic mass is 32.1. The molecule has 1 unspecified atom stereocenters. The average molecular weight is 336 g/mol. The van der Waals surface area contributed by atoms with Gasteiger partial charge < -0.3 is 10.1 Å². The number of thiophene rings is 1. The van der Waals surface area contributed by atoms with Crippen molar-refractivity contribution < 1.29 is 9.53 Å². The number of nitriles is 1. The molecule has 1 aromatic heterocycles. The van der Waals surface area contributed by atoms with Crippen LogP contribution < -0.4 is 5.32 Å². The fourth-order valence-corrected chi connectivity index (χ4v) is 3.61. The van der Waals surface area contributed by atoms with Gasteiger partial charge in [0.05, 0.1) is 18.7 Å². The maximum absolute atomic E-state index is 12.2. The predicted octanol–water partition coefficient (Wildman–Crippen LogP) is 1.60. The van der Waals surface area contributed by atoms with Crippen LogP contribution in [0.2, 0.25) is 0 Å². The van der Waals surface area contributed by atoms with Crippen LogP contribution in [0.4, 0.5) is 5.00 Å². The maximum atomic E-state index is 12.2. The number of rotatable bonds is 7. The van der Waals surface area contributed by atoms with Gasteiger partial charge in [0.25, 0.3) is 0 Å². The van der Waals surface area contributed by atoms with Crippen LogP contribution in [0.15, 0.2) is 11.4 Å². The number of carbonyl (C=O) groups excluding carboxylic acids is 1. The number of ether oxygens (including phenoxy) is 1. The molecular weight excluding hydrogens is 312 g/mol. The van der Waals surface area contributed by atoms with Gasteiger partial charge in [0.15, 0.2) is 0 Å². The van der Waals surface area contributed by atoms with Crippen LogP contribution in [-0.4, -0.2) is 68.2 Å². The first-order valence-corrected chi connectivity index (χ1v) is 8.78. The highest BCUT2D eigenvalue weighted by Crippen LogP contribution is 2.22. The molecule has 2 rings (SSSR count). The molecular formula is C16H24N4O2S. The Balaban J connectivity index is 1.84. The first-order valence-electron chi connectivity index (χ1n) is 7.90. The summed E-state index contributed by atoms with van der Waals surface area (Å²) in [6.07, 6.45) is 1.06. The van der Waals surface area contributed by atoms with Gasteiger partial charge in [0, 0.05) is 39.3 Å². The molecule has 1 fully saturated rings. The summed E-state index contributed by atoms with van der Waals surface area (Å²) in [6, 6.07) is 4.28. The number of hydrogen-bond donors (Lipinski definition) is 1. The highest BCUT2D eigenvalue weighted by molar-refractivity contribution is 7.14. The summed E-state index contributed by atoms with van der Waals surface area (Å²) >= 11 is 1.38. The van der Waals surface area contributed by atoms with E-state index in [9.17, 15) is 4.79 Å². The van der Waals surface area contributed by atoms with Gasteiger partial charge in [0.2, 0.25) is 5.91 Å². The van der Waals surface area contributed by atoms with Gasteiger partial charge in [-0.15, -0.1) is 11.3 Å². The van der Waals surface area contributed by atoms with E-state index in [2.05, 4.69) is 28.1 Å². The third-order valence-electron chi connectivity index (χ3n) is 4.15. The van der Waals surface area contributed by atoms with Crippen molar-refractivity contribution in [1.82, 2.24) is 9.80 Å². The summed E-state index contributed by atoms with van der Waals surface area (Å²) in [4.78, 5) is 16.8. The quantitative estimate of drug-likeness (QED) is 0.819. The lowest BCUT2D eigenvalue weighted by Gasteiger charge is -2.40. The van der Waals surface area contributed by atoms with Crippen molar-refractivity contribution >= 4 is 22.2 Å². The molecule has 0 spiro atoms. The number of nitrogens with zero attached hydrogens (tertiary/aromatic N) is 3. The van der Waals surface area contributed by atoms with Gasteiger partial charge in [-0.25, -0.2) is 0 Å². The first kappa shape index (κ1) is 17.9. The van der Waals surface area contributed by atoms with Crippen LogP contribution in [0.5, 0.6) is 0 Å². The molecule has 1 aliphatic heterocycles. The van der Waals surface area contributed by atoms with Gasteiger partial charge in [-0.1, -0.05) is 6.92 Å². The second kappa shape index (κ2) is 8.99. The molecule has 0 aromatic carbocycles. The minimum Gasteiger partial charge on any atom is -0.383 e. The first-order chi connectivity index (χ1) is 11.2. The Morgan fingerprint density at radius 2 is 2.39 bits per heavy atom. The summed E-state index contributed by atoms with van der Waals surface area (Å²) in [5.41, 5.74) is 0.527. The number of piperazine rings is 1. The van der Waals surface area contributed by atoms with E-state index in [1.165, 1.54) is 11.3 Å². The molecule has 2 heterocycles. The number of nitrogens with one attached hydrogen (secondary N) is 1. The van der Waals surface area contributed by atoms with Gasteiger partial charge in [-0.05, 0) is 17.9 Å². The van der Waals surface area contributed by atoms with E-state index < -0.39 is 0 Å². The van der Waals surface area contributed by atoms with E-state index in [1.54, 1.807) is 13.2 Å². The minimum absolute atomic E-state index is 0.0517. The third-order valence-corrected chi connectivity index (χ3v) is 4.98. The zero-order valence-electron chi connectivity index (χ0n) is 13.7. The fourth-order valence-electron chi connectivity index (χ4n) is 2.85. The molecule has 126 valence electrons. The molecule has 1 aliphatic rings. The summed E-state index contributed by atoms with van der Waals surface area (Å²) in [6.45, 7) is 6.96. The molecule has 1 atom stereocenters. The van der Waals surface area contributed by atoms with E-state index in [1.807, 2.05) is 5.38 Å². The van der Waals surface area contributed by atoms with Crippen molar-refractivity contribution in [3.63, 3.8) is 0 Å². The van der Waals surface area contributed by atoms with Crippen LogP contribution in [0.1, 0.15) is 18.9 Å². The Labute approximate surface area is 141 Å². The topological polar surface area (TPSA) is 68.6 Å². The van der Waals surface area contributed by atoms with E-state index in [0.29, 0.717) is 23.2 Å². The zero-order chi connectivity index (χ0) is 16.7. The van der Waals surface area contributed by atoms with Gasteiger partial charge in [0.1, 0.15) is 11.1 Å². The van der Waals surface area contributed by atoms with Crippen molar-refractivity contribution in [3.8, 4) is 6.07 Å². The Bertz CT molecular complexity index is 555. The smallest absolute Gasteiger partial charge is 0.239 e. The van der Waals surface area contributed by atoms with E-state index >= 15 is 0 Å². The number of amides is 1. The van der Waals surface area contributed by atoms with Crippen molar-refractivity contribution in [3.05, 3.63) is 17.0 Å². The highest BCUT2D eigenvalue weighted by Gasteiger charge is 2.26. The predicted molar refractivity (Wildman–Crippen MR) is 91.6 cm³/mol. The average Bonchev–Trinajstić information content (AvgIpc) is 3.00. The molecule has 0 saturated carbocycles.